The van der Waals surface area contributed by atoms with E-state index in [0.29, 0.717) is 22.4 Å². The van der Waals surface area contributed by atoms with Gasteiger partial charge in [0.1, 0.15) is 23.5 Å². The standard InChI is InChI=1S/C28H35N7O7/c1-16(2)11-23(28(41)42-25(37)15-32-10-9-29)33-26(38)20(30)12-17-3-6-19(7-4-17)34-35-22-14-18(5-8-24(22)36)13-21(31)27(39)40/h3-9,11,14,20-21,23,29,32,36H,10,12-13,15,30-31H2,1-2H3,(H,33,38)(H,39,40). The maximum Gasteiger partial charge on any atom is 0.340 e. The van der Waals surface area contributed by atoms with Crippen molar-refractivity contribution in [1.29, 1.82) is 5.41 Å². The Bertz CT molecular complexity index is 1340. The van der Waals surface area contributed by atoms with Gasteiger partial charge in [0, 0.05) is 12.8 Å². The van der Waals surface area contributed by atoms with E-state index in [9.17, 15) is 24.3 Å². The predicted octanol–water partition coefficient (Wildman–Crippen LogP) is 1.39. The number of nitrogens with one attached hydrogen (secondary N) is 3. The van der Waals surface area contributed by atoms with Crippen molar-refractivity contribution in [3.63, 3.8) is 0 Å². The van der Waals surface area contributed by atoms with Gasteiger partial charge >= 0.3 is 17.9 Å². The number of carbonyl (C=O) groups is 4. The smallest absolute Gasteiger partial charge is 0.340 e. The maximum atomic E-state index is 12.7. The Balaban J connectivity index is 2.01. The van der Waals surface area contributed by atoms with Gasteiger partial charge in [-0.15, -0.1) is 5.11 Å². The molecule has 9 N–H and O–H groups in total. The number of rotatable bonds is 15. The fourth-order valence-corrected chi connectivity index (χ4v) is 3.49. The molecule has 0 aliphatic heterocycles. The molecule has 0 radical (unpaired) electrons. The van der Waals surface area contributed by atoms with Crippen molar-refractivity contribution < 1.29 is 34.1 Å². The third-order valence-electron chi connectivity index (χ3n) is 5.60. The van der Waals surface area contributed by atoms with Gasteiger partial charge < -0.3 is 42.5 Å². The monoisotopic (exact) mass is 581 g/mol. The summed E-state index contributed by atoms with van der Waals surface area (Å²) >= 11 is 0. The average molecular weight is 582 g/mol. The van der Waals surface area contributed by atoms with Crippen molar-refractivity contribution in [2.45, 2.75) is 44.8 Å². The van der Waals surface area contributed by atoms with Crippen LogP contribution in [-0.2, 0) is 36.8 Å². The molecule has 0 saturated heterocycles. The van der Waals surface area contributed by atoms with Crippen LogP contribution in [0, 0.1) is 5.41 Å². The van der Waals surface area contributed by atoms with Gasteiger partial charge in [0.2, 0.25) is 5.91 Å². The Kier molecular flexibility index (Phi) is 13.1. The van der Waals surface area contributed by atoms with Crippen molar-refractivity contribution in [3.8, 4) is 5.75 Å². The molecule has 0 heterocycles. The summed E-state index contributed by atoms with van der Waals surface area (Å²) in [5, 5.41) is 39.2. The molecule has 0 aliphatic carbocycles. The third-order valence-corrected chi connectivity index (χ3v) is 5.60. The van der Waals surface area contributed by atoms with Crippen molar-refractivity contribution in [3.05, 3.63) is 65.2 Å². The van der Waals surface area contributed by atoms with Crippen LogP contribution in [0.3, 0.4) is 0 Å². The number of amides is 1. The zero-order chi connectivity index (χ0) is 31.2. The summed E-state index contributed by atoms with van der Waals surface area (Å²) in [7, 11) is 0. The number of hydrogen-bond donors (Lipinski definition) is 7. The van der Waals surface area contributed by atoms with Crippen LogP contribution in [0.15, 0.2) is 64.3 Å². The lowest BCUT2D eigenvalue weighted by molar-refractivity contribution is -0.160. The highest BCUT2D eigenvalue weighted by atomic mass is 16.6. The van der Waals surface area contributed by atoms with Crippen LogP contribution in [0.5, 0.6) is 5.75 Å². The molecule has 0 fully saturated rings. The van der Waals surface area contributed by atoms with Gasteiger partial charge in [-0.2, -0.15) is 5.11 Å². The van der Waals surface area contributed by atoms with Crippen molar-refractivity contribution in [1.82, 2.24) is 10.6 Å². The minimum atomic E-state index is -1.22. The summed E-state index contributed by atoms with van der Waals surface area (Å²) in [6.45, 7) is 3.29. The number of aliphatic carboxylic acids is 1. The number of nitrogens with zero attached hydrogens (tertiary/aromatic N) is 2. The highest BCUT2D eigenvalue weighted by molar-refractivity contribution is 5.94. The lowest BCUT2D eigenvalue weighted by atomic mass is 10.0. The van der Waals surface area contributed by atoms with Gasteiger partial charge in [-0.25, -0.2) is 4.79 Å². The van der Waals surface area contributed by atoms with Gasteiger partial charge in [-0.1, -0.05) is 29.8 Å². The van der Waals surface area contributed by atoms with E-state index in [1.54, 1.807) is 44.2 Å². The van der Waals surface area contributed by atoms with E-state index in [2.05, 4.69) is 20.9 Å². The molecule has 0 saturated carbocycles. The largest absolute Gasteiger partial charge is 0.506 e. The Morgan fingerprint density at radius 3 is 2.26 bits per heavy atom. The maximum absolute atomic E-state index is 12.7. The van der Waals surface area contributed by atoms with Gasteiger partial charge in [-0.05, 0) is 62.1 Å². The van der Waals surface area contributed by atoms with E-state index in [0.717, 1.165) is 6.21 Å². The number of hydrogen-bond acceptors (Lipinski definition) is 12. The van der Waals surface area contributed by atoms with Crippen LogP contribution in [0.4, 0.5) is 11.4 Å². The number of carboxylic acids is 1. The number of azo groups is 1. The molecule has 2 rings (SSSR count). The fourth-order valence-electron chi connectivity index (χ4n) is 3.49. The summed E-state index contributed by atoms with van der Waals surface area (Å²) in [4.78, 5) is 48.0. The summed E-state index contributed by atoms with van der Waals surface area (Å²) in [5.74, 6) is -3.73. The second-order valence-electron chi connectivity index (χ2n) is 9.51. The second kappa shape index (κ2) is 16.5. The molecular weight excluding hydrogens is 546 g/mol. The number of benzene rings is 2. The molecule has 224 valence electrons. The van der Waals surface area contributed by atoms with Gasteiger partial charge in [-0.3, -0.25) is 14.4 Å². The molecule has 3 unspecified atom stereocenters. The molecular formula is C28H35N7O7. The van der Waals surface area contributed by atoms with Crippen LogP contribution >= 0.6 is 0 Å². The van der Waals surface area contributed by atoms with E-state index in [1.807, 2.05) is 0 Å². The first-order valence-electron chi connectivity index (χ1n) is 12.9. The first kappa shape index (κ1) is 33.4. The number of phenols is 1. The van der Waals surface area contributed by atoms with Crippen LogP contribution in [0.1, 0.15) is 25.0 Å². The van der Waals surface area contributed by atoms with Crippen LogP contribution < -0.4 is 22.1 Å². The van der Waals surface area contributed by atoms with Gasteiger partial charge in [0.25, 0.3) is 0 Å². The van der Waals surface area contributed by atoms with E-state index < -0.39 is 41.9 Å². The normalized spacial score (nSPS) is 13.0. The Morgan fingerprint density at radius 1 is 1.00 bits per heavy atom. The zero-order valence-electron chi connectivity index (χ0n) is 23.2. The lowest BCUT2D eigenvalue weighted by Crippen LogP contribution is -2.49. The first-order valence-corrected chi connectivity index (χ1v) is 12.9. The van der Waals surface area contributed by atoms with E-state index in [1.165, 1.54) is 18.2 Å². The third kappa shape index (κ3) is 11.4. The number of ether oxygens (including phenoxy) is 1. The lowest BCUT2D eigenvalue weighted by Gasteiger charge is -2.18. The predicted molar refractivity (Wildman–Crippen MR) is 154 cm³/mol. The topological polar surface area (TPSA) is 243 Å². The number of carbonyl (C=O) groups excluding carboxylic acids is 3. The summed E-state index contributed by atoms with van der Waals surface area (Å²) in [6, 6.07) is 7.72. The molecule has 2 aromatic carbocycles. The summed E-state index contributed by atoms with van der Waals surface area (Å²) in [6.07, 6.45) is 2.67. The molecule has 0 spiro atoms. The summed E-state index contributed by atoms with van der Waals surface area (Å²) < 4.78 is 4.79. The van der Waals surface area contributed by atoms with Crippen molar-refractivity contribution in [2.75, 3.05) is 13.1 Å². The first-order chi connectivity index (χ1) is 19.9. The van der Waals surface area contributed by atoms with Crippen molar-refractivity contribution >= 4 is 41.4 Å². The van der Waals surface area contributed by atoms with Crippen LogP contribution in [0.2, 0.25) is 0 Å². The molecule has 3 atom stereocenters. The highest BCUT2D eigenvalue weighted by Crippen LogP contribution is 2.29. The quantitative estimate of drug-likeness (QED) is 0.0398. The van der Waals surface area contributed by atoms with E-state index >= 15 is 0 Å². The average Bonchev–Trinajstić information content (AvgIpc) is 2.93. The number of phenolic OH excluding ortho intramolecular Hbond substituents is 1. The molecule has 14 nitrogen and oxygen atoms in total. The molecule has 0 aliphatic rings. The Morgan fingerprint density at radius 2 is 1.64 bits per heavy atom. The van der Waals surface area contributed by atoms with E-state index in [-0.39, 0.29) is 37.4 Å². The molecule has 42 heavy (non-hydrogen) atoms. The fraction of sp³-hybridized carbons (Fsp3) is 0.321. The molecule has 0 aromatic heterocycles. The number of esters is 2. The zero-order valence-corrected chi connectivity index (χ0v) is 23.2. The number of aromatic hydroxyl groups is 1. The molecule has 14 heteroatoms. The Hall–Kier alpha value is -4.79. The molecule has 0 bridgehead atoms. The molecule has 2 aromatic rings. The number of nitrogens with two attached hydrogens (primary N) is 2. The number of carboxylic acid groups (broad SMARTS) is 1. The van der Waals surface area contributed by atoms with Crippen molar-refractivity contribution in [2.24, 2.45) is 21.7 Å². The van der Waals surface area contributed by atoms with Gasteiger partial charge in [0.15, 0.2) is 0 Å². The Labute approximate surface area is 242 Å². The van der Waals surface area contributed by atoms with Crippen LogP contribution in [0.25, 0.3) is 0 Å². The second-order valence-corrected chi connectivity index (χ2v) is 9.51. The van der Waals surface area contributed by atoms with Crippen LogP contribution in [-0.4, -0.2) is 71.5 Å². The minimum absolute atomic E-state index is 0.0544. The molecule has 1 amide bonds. The van der Waals surface area contributed by atoms with Gasteiger partial charge in [0.05, 0.1) is 18.3 Å². The van der Waals surface area contributed by atoms with E-state index in [4.69, 9.17) is 26.7 Å². The summed E-state index contributed by atoms with van der Waals surface area (Å²) in [5.41, 5.74) is 14.2. The minimum Gasteiger partial charge on any atom is -0.506 e. The SMILES string of the molecule is CC(C)=CC(NC(=O)C(N)Cc1ccc(N=Nc2cc(CC(N)C(=O)O)ccc2O)cc1)C(=O)OC(=O)CNCC=N. The number of allylic oxidation sites excluding steroid dienone is 1. The highest BCUT2D eigenvalue weighted by Gasteiger charge is 2.25.